The highest BCUT2D eigenvalue weighted by atomic mass is 16.5. The molecule has 0 saturated heterocycles. The second-order valence-corrected chi connectivity index (χ2v) is 2.91. The molecule has 0 atom stereocenters. The van der Waals surface area contributed by atoms with Gasteiger partial charge in [0.2, 0.25) is 0 Å². The first kappa shape index (κ1) is 15.3. The molecule has 9 heteroatoms. The molecule has 0 radical (unpaired) electrons. The van der Waals surface area contributed by atoms with E-state index in [-0.39, 0.29) is 6.61 Å². The van der Waals surface area contributed by atoms with E-state index in [4.69, 9.17) is 0 Å². The van der Waals surface area contributed by atoms with Gasteiger partial charge in [-0.1, -0.05) is 6.58 Å². The Morgan fingerprint density at radius 3 is 1.83 bits per heavy atom. The minimum absolute atomic E-state index is 0.189. The van der Waals surface area contributed by atoms with E-state index < -0.39 is 23.0 Å². The van der Waals surface area contributed by atoms with Crippen LogP contribution in [0.2, 0.25) is 0 Å². The molecule has 0 bridgehead atoms. The van der Waals surface area contributed by atoms with Gasteiger partial charge in [0, 0.05) is 5.57 Å². The third-order valence-electron chi connectivity index (χ3n) is 1.31. The van der Waals surface area contributed by atoms with Gasteiger partial charge in [-0.05, 0) is 6.92 Å². The highest BCUT2D eigenvalue weighted by molar-refractivity contribution is 5.87. The summed E-state index contributed by atoms with van der Waals surface area (Å²) in [4.78, 5) is 56.0. The Kier molecular flexibility index (Phi) is 6.41. The molecule has 9 nitrogen and oxygen atoms in total. The number of carbonyl (C=O) groups is 2. The van der Waals surface area contributed by atoms with Crippen molar-refractivity contribution in [1.29, 1.82) is 0 Å². The molecule has 1 heterocycles. The van der Waals surface area contributed by atoms with Crippen LogP contribution in [0.3, 0.4) is 0 Å². The maximum Gasteiger partial charge on any atom is 0.333 e. The summed E-state index contributed by atoms with van der Waals surface area (Å²) in [6.07, 6.45) is 0.515. The molecular weight excluding hydrogens is 246 g/mol. The number of aldehydes is 1. The number of rotatable bonds is 3. The molecular formula is C9H11N3O6. The van der Waals surface area contributed by atoms with Gasteiger partial charge in [0.05, 0.1) is 0 Å². The van der Waals surface area contributed by atoms with Crippen molar-refractivity contribution in [2.75, 3.05) is 6.61 Å². The molecule has 98 valence electrons. The van der Waals surface area contributed by atoms with E-state index in [9.17, 15) is 24.0 Å². The van der Waals surface area contributed by atoms with Crippen molar-refractivity contribution >= 4 is 12.3 Å². The lowest BCUT2D eigenvalue weighted by Crippen LogP contribution is -2.34. The fraction of sp³-hybridized carbons (Fsp3) is 0.222. The van der Waals surface area contributed by atoms with E-state index in [1.54, 1.807) is 15.0 Å². The Bertz CT molecular complexity index is 515. The standard InChI is InChI=1S/C6H8O3.C3H3N3O3/c1-5(2)6(8)9-4-3-7;7-1-4-2(8)6-3(9)5-1/h3H,1,4H2,2H3;(H3,4,5,6,7,8,9). The van der Waals surface area contributed by atoms with Crippen LogP contribution >= 0.6 is 0 Å². The van der Waals surface area contributed by atoms with Gasteiger partial charge >= 0.3 is 23.0 Å². The first-order chi connectivity index (χ1) is 8.36. The summed E-state index contributed by atoms with van der Waals surface area (Å²) in [7, 11) is 0. The molecule has 0 spiro atoms. The largest absolute Gasteiger partial charge is 0.455 e. The summed E-state index contributed by atoms with van der Waals surface area (Å²) in [6.45, 7) is 4.65. The molecule has 0 unspecified atom stereocenters. The van der Waals surface area contributed by atoms with E-state index in [0.29, 0.717) is 11.9 Å². The summed E-state index contributed by atoms with van der Waals surface area (Å²) in [6, 6.07) is 0. The van der Waals surface area contributed by atoms with E-state index in [2.05, 4.69) is 11.3 Å². The first-order valence-corrected chi connectivity index (χ1v) is 4.56. The molecule has 0 aromatic carbocycles. The lowest BCUT2D eigenvalue weighted by atomic mass is 10.4. The smallest absolute Gasteiger partial charge is 0.333 e. The van der Waals surface area contributed by atoms with E-state index in [1.165, 1.54) is 6.92 Å². The third kappa shape index (κ3) is 6.71. The van der Waals surface area contributed by atoms with Crippen LogP contribution in [-0.4, -0.2) is 33.8 Å². The topological polar surface area (TPSA) is 142 Å². The maximum atomic E-state index is 10.4. The summed E-state index contributed by atoms with van der Waals surface area (Å²) < 4.78 is 4.35. The van der Waals surface area contributed by atoms with Crippen molar-refractivity contribution in [1.82, 2.24) is 15.0 Å². The van der Waals surface area contributed by atoms with Gasteiger partial charge in [-0.25, -0.2) is 19.2 Å². The van der Waals surface area contributed by atoms with Gasteiger partial charge in [-0.3, -0.25) is 19.7 Å². The molecule has 3 N–H and O–H groups in total. The Morgan fingerprint density at radius 2 is 1.56 bits per heavy atom. The minimum atomic E-state index is -0.802. The predicted octanol–water partition coefficient (Wildman–Crippen LogP) is -1.94. The molecule has 0 fully saturated rings. The van der Waals surface area contributed by atoms with Gasteiger partial charge in [-0.2, -0.15) is 0 Å². The van der Waals surface area contributed by atoms with Crippen LogP contribution < -0.4 is 17.1 Å². The number of aromatic amines is 3. The number of esters is 1. The Balaban J connectivity index is 0.000000321. The average Bonchev–Trinajstić information content (AvgIpc) is 2.24. The number of carbonyl (C=O) groups excluding carboxylic acids is 2. The molecule has 1 aromatic rings. The number of hydrogen-bond acceptors (Lipinski definition) is 6. The van der Waals surface area contributed by atoms with Gasteiger partial charge in [-0.15, -0.1) is 0 Å². The normalized spacial score (nSPS) is 8.72. The zero-order chi connectivity index (χ0) is 14.1. The molecule has 0 aliphatic heterocycles. The zero-order valence-electron chi connectivity index (χ0n) is 9.44. The molecule has 0 aliphatic rings. The van der Waals surface area contributed by atoms with Crippen LogP contribution in [0.25, 0.3) is 0 Å². The van der Waals surface area contributed by atoms with Crippen LogP contribution in [-0.2, 0) is 14.3 Å². The van der Waals surface area contributed by atoms with Crippen molar-refractivity contribution < 1.29 is 14.3 Å². The van der Waals surface area contributed by atoms with E-state index in [1.807, 2.05) is 0 Å². The summed E-state index contributed by atoms with van der Waals surface area (Å²) in [5.41, 5.74) is -2.10. The summed E-state index contributed by atoms with van der Waals surface area (Å²) >= 11 is 0. The molecule has 0 amide bonds. The lowest BCUT2D eigenvalue weighted by molar-refractivity contribution is -0.141. The zero-order valence-corrected chi connectivity index (χ0v) is 9.44. The molecule has 1 rings (SSSR count). The van der Waals surface area contributed by atoms with Crippen LogP contribution in [0, 0.1) is 0 Å². The molecule has 1 aromatic heterocycles. The summed E-state index contributed by atoms with van der Waals surface area (Å²) in [5.74, 6) is -0.526. The van der Waals surface area contributed by atoms with Gasteiger partial charge in [0.25, 0.3) is 0 Å². The predicted molar refractivity (Wildman–Crippen MR) is 60.1 cm³/mol. The van der Waals surface area contributed by atoms with Crippen molar-refractivity contribution in [2.45, 2.75) is 6.92 Å². The number of ether oxygens (including phenoxy) is 1. The number of aromatic nitrogens is 3. The Morgan fingerprint density at radius 1 is 1.17 bits per heavy atom. The van der Waals surface area contributed by atoms with E-state index in [0.717, 1.165) is 0 Å². The monoisotopic (exact) mass is 257 g/mol. The van der Waals surface area contributed by atoms with Crippen molar-refractivity contribution in [2.24, 2.45) is 0 Å². The van der Waals surface area contributed by atoms with Crippen molar-refractivity contribution in [3.8, 4) is 0 Å². The number of hydrogen-bond donors (Lipinski definition) is 3. The SMILES string of the molecule is C=C(C)C(=O)OCC=O.O=c1[nH]c(=O)[nH]c(=O)[nH]1. The van der Waals surface area contributed by atoms with Gasteiger partial charge in [0.15, 0.2) is 6.29 Å². The van der Waals surface area contributed by atoms with E-state index >= 15 is 0 Å². The fourth-order valence-corrected chi connectivity index (χ4v) is 0.636. The second-order valence-electron chi connectivity index (χ2n) is 2.91. The average molecular weight is 257 g/mol. The Hall–Kier alpha value is -2.71. The van der Waals surface area contributed by atoms with Crippen LogP contribution in [0.5, 0.6) is 0 Å². The number of H-pyrrole nitrogens is 3. The van der Waals surface area contributed by atoms with Crippen LogP contribution in [0.1, 0.15) is 6.92 Å². The highest BCUT2D eigenvalue weighted by Crippen LogP contribution is 1.89. The minimum Gasteiger partial charge on any atom is -0.455 e. The van der Waals surface area contributed by atoms with Gasteiger partial charge < -0.3 is 4.74 Å². The molecule has 18 heavy (non-hydrogen) atoms. The summed E-state index contributed by atoms with van der Waals surface area (Å²) in [5, 5.41) is 0. The molecule has 0 saturated carbocycles. The van der Waals surface area contributed by atoms with Gasteiger partial charge in [0.1, 0.15) is 6.61 Å². The second kappa shape index (κ2) is 7.54. The quantitative estimate of drug-likeness (QED) is 0.326. The maximum absolute atomic E-state index is 10.4. The Labute approximate surface area is 99.5 Å². The lowest BCUT2D eigenvalue weighted by Gasteiger charge is -1.96. The first-order valence-electron chi connectivity index (χ1n) is 4.56. The van der Waals surface area contributed by atoms with Crippen molar-refractivity contribution in [3.63, 3.8) is 0 Å². The number of nitrogens with one attached hydrogen (secondary N) is 3. The van der Waals surface area contributed by atoms with Crippen LogP contribution in [0.4, 0.5) is 0 Å². The van der Waals surface area contributed by atoms with Crippen molar-refractivity contribution in [3.05, 3.63) is 43.6 Å². The third-order valence-corrected chi connectivity index (χ3v) is 1.31. The molecule has 0 aliphatic carbocycles. The highest BCUT2D eigenvalue weighted by Gasteiger charge is 1.99. The van der Waals surface area contributed by atoms with Crippen LogP contribution in [0.15, 0.2) is 26.5 Å². The fourth-order valence-electron chi connectivity index (χ4n) is 0.636.